The Balaban J connectivity index is 1.72. The molecular formula is C23H20N2O2. The molecule has 0 aliphatic rings. The predicted octanol–water partition coefficient (Wildman–Crippen LogP) is 5.44. The molecule has 4 nitrogen and oxygen atoms in total. The Morgan fingerprint density at radius 3 is 2.59 bits per heavy atom. The summed E-state index contributed by atoms with van der Waals surface area (Å²) in [6.07, 6.45) is 5.85. The molecule has 0 saturated heterocycles. The highest BCUT2D eigenvalue weighted by Gasteiger charge is 2.08. The number of phenolic OH excluding ortho intramolecular Hbond substituents is 1. The normalized spacial score (nSPS) is 11.3. The van der Waals surface area contributed by atoms with E-state index < -0.39 is 0 Å². The Kier molecular flexibility index (Phi) is 4.62. The highest BCUT2D eigenvalue weighted by atomic mass is 16.5. The van der Waals surface area contributed by atoms with E-state index >= 15 is 0 Å². The summed E-state index contributed by atoms with van der Waals surface area (Å²) in [4.78, 5) is 0. The Bertz CT molecular complexity index is 1100. The van der Waals surface area contributed by atoms with Gasteiger partial charge < -0.3 is 9.84 Å². The van der Waals surface area contributed by atoms with Crippen LogP contribution in [0, 0.1) is 0 Å². The lowest BCUT2D eigenvalue weighted by Crippen LogP contribution is -1.92. The molecule has 0 amide bonds. The maximum absolute atomic E-state index is 9.93. The van der Waals surface area contributed by atoms with E-state index in [1.807, 2.05) is 60.4 Å². The van der Waals surface area contributed by atoms with E-state index in [0.29, 0.717) is 12.4 Å². The molecule has 0 unspecified atom stereocenters. The van der Waals surface area contributed by atoms with Crippen LogP contribution in [0.1, 0.15) is 12.5 Å². The second kappa shape index (κ2) is 7.38. The summed E-state index contributed by atoms with van der Waals surface area (Å²) in [7, 11) is 0. The van der Waals surface area contributed by atoms with Crippen molar-refractivity contribution >= 4 is 23.2 Å². The number of phenols is 1. The van der Waals surface area contributed by atoms with Crippen LogP contribution in [-0.4, -0.2) is 21.5 Å². The smallest absolute Gasteiger partial charge is 0.161 e. The molecular weight excluding hydrogens is 336 g/mol. The van der Waals surface area contributed by atoms with Crippen LogP contribution in [0.4, 0.5) is 0 Å². The lowest BCUT2D eigenvalue weighted by Gasteiger charge is -2.09. The minimum absolute atomic E-state index is 0.150. The van der Waals surface area contributed by atoms with Gasteiger partial charge in [0.25, 0.3) is 0 Å². The predicted molar refractivity (Wildman–Crippen MR) is 110 cm³/mol. The minimum Gasteiger partial charge on any atom is -0.504 e. The van der Waals surface area contributed by atoms with Crippen molar-refractivity contribution < 1.29 is 9.84 Å². The van der Waals surface area contributed by atoms with Crippen LogP contribution in [0.5, 0.6) is 11.5 Å². The largest absolute Gasteiger partial charge is 0.504 e. The Labute approximate surface area is 158 Å². The number of hydrogen-bond acceptors (Lipinski definition) is 3. The van der Waals surface area contributed by atoms with E-state index in [2.05, 4.69) is 35.4 Å². The fourth-order valence-electron chi connectivity index (χ4n) is 3.02. The van der Waals surface area contributed by atoms with Crippen molar-refractivity contribution in [1.29, 1.82) is 0 Å². The number of aromatic nitrogens is 2. The number of rotatable bonds is 5. The van der Waals surface area contributed by atoms with Crippen LogP contribution in [0.25, 0.3) is 34.3 Å². The summed E-state index contributed by atoms with van der Waals surface area (Å²) < 4.78 is 7.37. The summed E-state index contributed by atoms with van der Waals surface area (Å²) in [5.41, 5.74) is 4.17. The quantitative estimate of drug-likeness (QED) is 0.518. The molecule has 4 heteroatoms. The average Bonchev–Trinajstić information content (AvgIpc) is 3.11. The van der Waals surface area contributed by atoms with Gasteiger partial charge in [-0.05, 0) is 47.9 Å². The van der Waals surface area contributed by atoms with Crippen LogP contribution < -0.4 is 4.74 Å². The monoisotopic (exact) mass is 356 g/mol. The molecule has 4 rings (SSSR count). The van der Waals surface area contributed by atoms with E-state index in [1.54, 1.807) is 6.07 Å². The SMILES string of the molecule is CCOc1cc(-c2ccc3cnn(C=Cc4ccccc4)c3c2)ccc1O. The third-order valence-electron chi connectivity index (χ3n) is 4.40. The molecule has 0 spiro atoms. The minimum atomic E-state index is 0.150. The number of hydrogen-bond donors (Lipinski definition) is 1. The zero-order valence-corrected chi connectivity index (χ0v) is 15.0. The highest BCUT2D eigenvalue weighted by molar-refractivity contribution is 5.86. The van der Waals surface area contributed by atoms with Gasteiger partial charge in [0, 0.05) is 11.6 Å². The first-order valence-corrected chi connectivity index (χ1v) is 8.91. The van der Waals surface area contributed by atoms with Gasteiger partial charge in [0.1, 0.15) is 0 Å². The molecule has 3 aromatic carbocycles. The molecule has 1 heterocycles. The van der Waals surface area contributed by atoms with Crippen molar-refractivity contribution in [3.05, 3.63) is 78.5 Å². The number of aromatic hydroxyl groups is 1. The Hall–Kier alpha value is -3.53. The highest BCUT2D eigenvalue weighted by Crippen LogP contribution is 2.33. The van der Waals surface area contributed by atoms with Gasteiger partial charge in [-0.2, -0.15) is 5.10 Å². The van der Waals surface area contributed by atoms with Crippen LogP contribution >= 0.6 is 0 Å². The van der Waals surface area contributed by atoms with Crippen molar-refractivity contribution in [1.82, 2.24) is 9.78 Å². The van der Waals surface area contributed by atoms with Crippen molar-refractivity contribution in [2.24, 2.45) is 0 Å². The fraction of sp³-hybridized carbons (Fsp3) is 0.0870. The van der Waals surface area contributed by atoms with Gasteiger partial charge in [0.05, 0.1) is 18.3 Å². The van der Waals surface area contributed by atoms with Gasteiger partial charge in [-0.3, -0.25) is 0 Å². The number of nitrogens with zero attached hydrogens (tertiary/aromatic N) is 2. The third kappa shape index (κ3) is 3.55. The average molecular weight is 356 g/mol. The summed E-state index contributed by atoms with van der Waals surface area (Å²) in [5, 5.41) is 15.5. The molecule has 0 aliphatic carbocycles. The molecule has 134 valence electrons. The second-order valence-corrected chi connectivity index (χ2v) is 6.20. The van der Waals surface area contributed by atoms with Crippen LogP contribution in [0.3, 0.4) is 0 Å². The molecule has 0 fully saturated rings. The molecule has 27 heavy (non-hydrogen) atoms. The van der Waals surface area contributed by atoms with Gasteiger partial charge >= 0.3 is 0 Å². The molecule has 4 aromatic rings. The molecule has 0 radical (unpaired) electrons. The van der Waals surface area contributed by atoms with Gasteiger partial charge in [0.2, 0.25) is 0 Å². The van der Waals surface area contributed by atoms with Crippen molar-refractivity contribution in [2.75, 3.05) is 6.61 Å². The zero-order valence-electron chi connectivity index (χ0n) is 15.0. The van der Waals surface area contributed by atoms with Gasteiger partial charge in [-0.1, -0.05) is 48.5 Å². The molecule has 1 aromatic heterocycles. The van der Waals surface area contributed by atoms with Crippen molar-refractivity contribution in [3.63, 3.8) is 0 Å². The maximum Gasteiger partial charge on any atom is 0.161 e. The molecule has 0 atom stereocenters. The molecule has 0 saturated carbocycles. The first-order chi connectivity index (χ1) is 13.2. The summed E-state index contributed by atoms with van der Waals surface area (Å²) in [6.45, 7) is 2.41. The van der Waals surface area contributed by atoms with E-state index in [1.165, 1.54) is 0 Å². The number of ether oxygens (including phenoxy) is 1. The number of benzene rings is 3. The first-order valence-electron chi connectivity index (χ1n) is 8.91. The van der Waals surface area contributed by atoms with Gasteiger partial charge in [0.15, 0.2) is 11.5 Å². The summed E-state index contributed by atoms with van der Waals surface area (Å²) in [6, 6.07) is 21.8. The van der Waals surface area contributed by atoms with Crippen LogP contribution in [-0.2, 0) is 0 Å². The lowest BCUT2D eigenvalue weighted by atomic mass is 10.0. The Morgan fingerprint density at radius 1 is 1.00 bits per heavy atom. The van der Waals surface area contributed by atoms with E-state index in [9.17, 15) is 5.11 Å². The topological polar surface area (TPSA) is 47.3 Å². The molecule has 0 aliphatic heterocycles. The molecule has 0 bridgehead atoms. The van der Waals surface area contributed by atoms with Crippen LogP contribution in [0.15, 0.2) is 72.9 Å². The van der Waals surface area contributed by atoms with E-state index in [4.69, 9.17) is 4.74 Å². The van der Waals surface area contributed by atoms with Crippen molar-refractivity contribution in [3.8, 4) is 22.6 Å². The van der Waals surface area contributed by atoms with E-state index in [0.717, 1.165) is 27.6 Å². The number of fused-ring (bicyclic) bond motifs is 1. The second-order valence-electron chi connectivity index (χ2n) is 6.20. The third-order valence-corrected chi connectivity index (χ3v) is 4.40. The van der Waals surface area contributed by atoms with E-state index in [-0.39, 0.29) is 5.75 Å². The maximum atomic E-state index is 9.93. The summed E-state index contributed by atoms with van der Waals surface area (Å²) >= 11 is 0. The van der Waals surface area contributed by atoms with Gasteiger partial charge in [-0.15, -0.1) is 0 Å². The van der Waals surface area contributed by atoms with Crippen LogP contribution in [0.2, 0.25) is 0 Å². The lowest BCUT2D eigenvalue weighted by molar-refractivity contribution is 0.318. The van der Waals surface area contributed by atoms with Crippen molar-refractivity contribution in [2.45, 2.75) is 6.92 Å². The first kappa shape index (κ1) is 16.9. The standard InChI is InChI=1S/C23H20N2O2/c1-2-27-23-15-19(10-11-22(23)26)18-8-9-20-16-24-25(21(20)14-18)13-12-17-6-4-3-5-7-17/h3-16,26H,2H2,1H3. The fourth-order valence-corrected chi connectivity index (χ4v) is 3.02. The molecule has 1 N–H and O–H groups in total. The zero-order chi connectivity index (χ0) is 18.6. The van der Waals surface area contributed by atoms with Gasteiger partial charge in [-0.25, -0.2) is 4.68 Å². The Morgan fingerprint density at radius 2 is 1.78 bits per heavy atom. The summed E-state index contributed by atoms with van der Waals surface area (Å²) in [5.74, 6) is 0.644.